The van der Waals surface area contributed by atoms with Crippen LogP contribution in [-0.2, 0) is 4.79 Å². The van der Waals surface area contributed by atoms with Gasteiger partial charge in [0.25, 0.3) is 0 Å². The van der Waals surface area contributed by atoms with E-state index >= 15 is 0 Å². The lowest BCUT2D eigenvalue weighted by Crippen LogP contribution is -2.45. The van der Waals surface area contributed by atoms with Crippen LogP contribution in [0.1, 0.15) is 33.1 Å². The third-order valence-electron chi connectivity index (χ3n) is 2.67. The molecule has 1 aliphatic heterocycles. The molecule has 3 heteroatoms. The van der Waals surface area contributed by atoms with Gasteiger partial charge >= 0.3 is 0 Å². The normalized spacial score (nSPS) is 16.4. The van der Waals surface area contributed by atoms with Gasteiger partial charge in [-0.05, 0) is 31.8 Å². The molecule has 0 radical (unpaired) electrons. The highest BCUT2D eigenvalue weighted by atomic mass is 16.2. The molecule has 0 unspecified atom stereocenters. The summed E-state index contributed by atoms with van der Waals surface area (Å²) in [5.41, 5.74) is 0. The van der Waals surface area contributed by atoms with Crippen LogP contribution in [0.5, 0.6) is 0 Å². The molecular weight excluding hydrogens is 176 g/mol. The highest BCUT2D eigenvalue weighted by Crippen LogP contribution is 2.11. The minimum Gasteiger partial charge on any atom is -0.343 e. The molecule has 0 atom stereocenters. The Balaban J connectivity index is 2.28. The Morgan fingerprint density at radius 1 is 1.29 bits per heavy atom. The lowest BCUT2D eigenvalue weighted by Gasteiger charge is -2.29. The van der Waals surface area contributed by atoms with E-state index in [2.05, 4.69) is 19.2 Å². The highest BCUT2D eigenvalue weighted by Gasteiger charge is 2.22. The van der Waals surface area contributed by atoms with E-state index in [1.165, 1.54) is 0 Å². The number of nitrogens with one attached hydrogen (secondary N) is 1. The second kappa shape index (κ2) is 6.02. The van der Waals surface area contributed by atoms with Gasteiger partial charge in [-0.15, -0.1) is 0 Å². The number of hydrogen-bond donors (Lipinski definition) is 1. The molecule has 0 aromatic heterocycles. The molecule has 1 saturated heterocycles. The molecule has 1 aliphatic rings. The topological polar surface area (TPSA) is 32.3 Å². The first-order valence-corrected chi connectivity index (χ1v) is 5.76. The van der Waals surface area contributed by atoms with Crippen molar-refractivity contribution in [2.45, 2.75) is 33.1 Å². The van der Waals surface area contributed by atoms with E-state index in [-0.39, 0.29) is 0 Å². The van der Waals surface area contributed by atoms with Crippen molar-refractivity contribution < 1.29 is 4.79 Å². The standard InChI is InChI=1S/C11H22N2O/c1-3-5-13(6-4-2)11(14)7-10-8-12-9-10/h10,12H,3-9H2,1-2H3. The molecule has 0 bridgehead atoms. The summed E-state index contributed by atoms with van der Waals surface area (Å²) in [7, 11) is 0. The van der Waals surface area contributed by atoms with Crippen LogP contribution in [0.4, 0.5) is 0 Å². The first kappa shape index (κ1) is 11.5. The molecule has 1 rings (SSSR count). The van der Waals surface area contributed by atoms with Gasteiger partial charge in [0.15, 0.2) is 0 Å². The fourth-order valence-corrected chi connectivity index (χ4v) is 1.77. The summed E-state index contributed by atoms with van der Waals surface area (Å²) in [6.07, 6.45) is 2.87. The lowest BCUT2D eigenvalue weighted by molar-refractivity contribution is -0.132. The molecule has 0 aromatic carbocycles. The van der Waals surface area contributed by atoms with Crippen LogP contribution in [0.25, 0.3) is 0 Å². The first-order chi connectivity index (χ1) is 6.77. The van der Waals surface area contributed by atoms with Crippen LogP contribution >= 0.6 is 0 Å². The molecule has 14 heavy (non-hydrogen) atoms. The van der Waals surface area contributed by atoms with Crippen molar-refractivity contribution in [3.8, 4) is 0 Å². The molecule has 3 nitrogen and oxygen atoms in total. The number of hydrogen-bond acceptors (Lipinski definition) is 2. The summed E-state index contributed by atoms with van der Waals surface area (Å²) in [5.74, 6) is 0.943. The predicted molar refractivity (Wildman–Crippen MR) is 58.1 cm³/mol. The Morgan fingerprint density at radius 2 is 1.86 bits per heavy atom. The minimum absolute atomic E-state index is 0.347. The van der Waals surface area contributed by atoms with Gasteiger partial charge in [0, 0.05) is 19.5 Å². The number of carbonyl (C=O) groups is 1. The van der Waals surface area contributed by atoms with Gasteiger partial charge in [-0.1, -0.05) is 13.8 Å². The first-order valence-electron chi connectivity index (χ1n) is 5.76. The second-order valence-electron chi connectivity index (χ2n) is 4.11. The zero-order chi connectivity index (χ0) is 10.4. The van der Waals surface area contributed by atoms with Crippen LogP contribution in [-0.4, -0.2) is 37.0 Å². The van der Waals surface area contributed by atoms with E-state index in [1.54, 1.807) is 0 Å². The Hall–Kier alpha value is -0.570. The summed E-state index contributed by atoms with van der Waals surface area (Å²) in [5, 5.41) is 3.20. The maximum atomic E-state index is 11.8. The van der Waals surface area contributed by atoms with Crippen molar-refractivity contribution in [2.24, 2.45) is 5.92 Å². The van der Waals surface area contributed by atoms with Gasteiger partial charge in [-0.25, -0.2) is 0 Å². The SMILES string of the molecule is CCCN(CCC)C(=O)CC1CNC1. The molecule has 1 N–H and O–H groups in total. The highest BCUT2D eigenvalue weighted by molar-refractivity contribution is 5.76. The van der Waals surface area contributed by atoms with Crippen LogP contribution in [0.2, 0.25) is 0 Å². The molecular formula is C11H22N2O. The Bertz CT molecular complexity index is 172. The van der Waals surface area contributed by atoms with Crippen molar-refractivity contribution in [3.63, 3.8) is 0 Å². The Kier molecular flexibility index (Phi) is 4.94. The summed E-state index contributed by atoms with van der Waals surface area (Å²) < 4.78 is 0. The zero-order valence-electron chi connectivity index (χ0n) is 9.38. The van der Waals surface area contributed by atoms with Crippen molar-refractivity contribution >= 4 is 5.91 Å². The molecule has 0 spiro atoms. The monoisotopic (exact) mass is 198 g/mol. The van der Waals surface area contributed by atoms with Crippen LogP contribution in [0.3, 0.4) is 0 Å². The number of rotatable bonds is 6. The van der Waals surface area contributed by atoms with E-state index < -0.39 is 0 Å². The smallest absolute Gasteiger partial charge is 0.222 e. The van der Waals surface area contributed by atoms with Gasteiger partial charge < -0.3 is 10.2 Å². The molecule has 1 heterocycles. The third-order valence-corrected chi connectivity index (χ3v) is 2.67. The molecule has 1 fully saturated rings. The molecule has 82 valence electrons. The third kappa shape index (κ3) is 3.29. The van der Waals surface area contributed by atoms with Gasteiger partial charge in [0.2, 0.25) is 5.91 Å². The summed E-state index contributed by atoms with van der Waals surface area (Å²) in [4.78, 5) is 13.8. The van der Waals surface area contributed by atoms with Crippen LogP contribution < -0.4 is 5.32 Å². The average molecular weight is 198 g/mol. The Labute approximate surface area is 86.9 Å². The average Bonchev–Trinajstić information content (AvgIpc) is 2.11. The van der Waals surface area contributed by atoms with Crippen molar-refractivity contribution in [1.29, 1.82) is 0 Å². The summed E-state index contributed by atoms with van der Waals surface area (Å²) >= 11 is 0. The molecule has 1 amide bonds. The van der Waals surface area contributed by atoms with E-state index in [9.17, 15) is 4.79 Å². The minimum atomic E-state index is 0.347. The molecule has 0 aromatic rings. The van der Waals surface area contributed by atoms with E-state index in [0.717, 1.165) is 45.4 Å². The second-order valence-corrected chi connectivity index (χ2v) is 4.11. The van der Waals surface area contributed by atoms with E-state index in [1.807, 2.05) is 4.90 Å². The van der Waals surface area contributed by atoms with Crippen molar-refractivity contribution in [2.75, 3.05) is 26.2 Å². The van der Waals surface area contributed by atoms with Crippen LogP contribution in [0, 0.1) is 5.92 Å². The molecule has 0 saturated carbocycles. The summed E-state index contributed by atoms with van der Waals surface area (Å²) in [6.45, 7) is 8.15. The van der Waals surface area contributed by atoms with Crippen molar-refractivity contribution in [3.05, 3.63) is 0 Å². The quantitative estimate of drug-likeness (QED) is 0.696. The van der Waals surface area contributed by atoms with Gasteiger partial charge in [0.1, 0.15) is 0 Å². The number of nitrogens with zero attached hydrogens (tertiary/aromatic N) is 1. The maximum absolute atomic E-state index is 11.8. The van der Waals surface area contributed by atoms with Crippen molar-refractivity contribution in [1.82, 2.24) is 10.2 Å². The Morgan fingerprint density at radius 3 is 2.21 bits per heavy atom. The summed E-state index contributed by atoms with van der Waals surface area (Å²) in [6, 6.07) is 0. The fourth-order valence-electron chi connectivity index (χ4n) is 1.77. The predicted octanol–water partition coefficient (Wildman–Crippen LogP) is 1.24. The zero-order valence-corrected chi connectivity index (χ0v) is 9.38. The maximum Gasteiger partial charge on any atom is 0.222 e. The number of carbonyl (C=O) groups excluding carboxylic acids is 1. The van der Waals surface area contributed by atoms with Gasteiger partial charge in [0.05, 0.1) is 0 Å². The number of amides is 1. The fraction of sp³-hybridized carbons (Fsp3) is 0.909. The van der Waals surface area contributed by atoms with Gasteiger partial charge in [-0.3, -0.25) is 4.79 Å². The lowest BCUT2D eigenvalue weighted by atomic mass is 9.98. The molecule has 0 aliphatic carbocycles. The van der Waals surface area contributed by atoms with E-state index in [4.69, 9.17) is 0 Å². The van der Waals surface area contributed by atoms with Gasteiger partial charge in [-0.2, -0.15) is 0 Å². The largest absolute Gasteiger partial charge is 0.343 e. The van der Waals surface area contributed by atoms with E-state index in [0.29, 0.717) is 11.8 Å². The van der Waals surface area contributed by atoms with Crippen LogP contribution in [0.15, 0.2) is 0 Å².